The molecule has 3 aromatic rings. The largest absolute Gasteiger partial charge is 0.452 e. The normalized spacial score (nSPS) is 13.9. The summed E-state index contributed by atoms with van der Waals surface area (Å²) in [5, 5.41) is -0.0283. The Morgan fingerprint density at radius 3 is 2.19 bits per heavy atom. The van der Waals surface area contributed by atoms with E-state index in [1.165, 1.54) is 12.1 Å². The first-order chi connectivity index (χ1) is 17.3. The van der Waals surface area contributed by atoms with Gasteiger partial charge in [0.2, 0.25) is 10.0 Å². The summed E-state index contributed by atoms with van der Waals surface area (Å²) in [6, 6.07) is 22.8. The molecule has 0 aliphatic carbocycles. The quantitative estimate of drug-likeness (QED) is 0.451. The van der Waals surface area contributed by atoms with E-state index in [-0.39, 0.29) is 27.9 Å². The monoisotopic (exact) mass is 527 g/mol. The predicted molar refractivity (Wildman–Crippen MR) is 137 cm³/mol. The van der Waals surface area contributed by atoms with Gasteiger partial charge in [-0.2, -0.15) is 0 Å². The number of hydrogen-bond donors (Lipinski definition) is 1. The predicted octanol–water partition coefficient (Wildman–Crippen LogP) is 3.32. The number of piperazine rings is 1. The molecule has 1 amide bonds. The molecule has 1 fully saturated rings. The number of para-hydroxylation sites is 1. The molecular formula is C26H26ClN3O5S. The number of rotatable bonds is 8. The van der Waals surface area contributed by atoms with Crippen LogP contribution >= 0.6 is 11.6 Å². The van der Waals surface area contributed by atoms with Crippen molar-refractivity contribution in [3.05, 3.63) is 95.0 Å². The Labute approximate surface area is 215 Å². The number of hydrogen-bond acceptors (Lipinski definition) is 6. The molecule has 1 N–H and O–H groups in total. The highest BCUT2D eigenvalue weighted by molar-refractivity contribution is 7.89. The average molecular weight is 528 g/mol. The molecule has 4 rings (SSSR count). The van der Waals surface area contributed by atoms with Crippen molar-refractivity contribution in [2.45, 2.75) is 11.4 Å². The molecule has 0 aromatic heterocycles. The lowest BCUT2D eigenvalue weighted by atomic mass is 10.2. The summed E-state index contributed by atoms with van der Waals surface area (Å²) in [6.07, 6.45) is 0. The molecule has 1 saturated heterocycles. The maximum atomic E-state index is 12.8. The lowest BCUT2D eigenvalue weighted by Gasteiger charge is -2.36. The van der Waals surface area contributed by atoms with Gasteiger partial charge in [0, 0.05) is 38.4 Å². The van der Waals surface area contributed by atoms with Gasteiger partial charge in [-0.25, -0.2) is 17.9 Å². The van der Waals surface area contributed by atoms with Crippen LogP contribution in [0.25, 0.3) is 0 Å². The summed E-state index contributed by atoms with van der Waals surface area (Å²) in [7, 11) is -3.99. The van der Waals surface area contributed by atoms with Crippen molar-refractivity contribution in [1.82, 2.24) is 9.62 Å². The van der Waals surface area contributed by atoms with Crippen LogP contribution < -0.4 is 9.62 Å². The Morgan fingerprint density at radius 1 is 0.889 bits per heavy atom. The summed E-state index contributed by atoms with van der Waals surface area (Å²) in [5.41, 5.74) is 1.86. The highest BCUT2D eigenvalue weighted by Gasteiger charge is 2.24. The standard InChI is InChI=1S/C26H26ClN3O5S/c27-23-12-11-21(17-24(23)36(33,34)28-18-20-7-3-1-4-8-20)26(32)35-19-25(31)30-15-13-29(14-16-30)22-9-5-2-6-10-22/h1-12,17,28H,13-16,18-19H2. The number of carbonyl (C=O) groups excluding carboxylic acids is 2. The number of halogens is 1. The first-order valence-corrected chi connectivity index (χ1v) is 13.3. The van der Waals surface area contributed by atoms with Crippen molar-refractivity contribution in [3.8, 4) is 0 Å². The Morgan fingerprint density at radius 2 is 1.53 bits per heavy atom. The van der Waals surface area contributed by atoms with E-state index >= 15 is 0 Å². The SMILES string of the molecule is O=C(OCC(=O)N1CCN(c2ccccc2)CC1)c1ccc(Cl)c(S(=O)(=O)NCc2ccccc2)c1. The number of anilines is 1. The van der Waals surface area contributed by atoms with E-state index in [2.05, 4.69) is 9.62 Å². The number of amides is 1. The fourth-order valence-electron chi connectivity index (χ4n) is 3.84. The smallest absolute Gasteiger partial charge is 0.338 e. The molecule has 188 valence electrons. The minimum absolute atomic E-state index is 0.0128. The second-order valence-electron chi connectivity index (χ2n) is 8.23. The second kappa shape index (κ2) is 11.6. The van der Waals surface area contributed by atoms with Gasteiger partial charge in [-0.3, -0.25) is 4.79 Å². The zero-order valence-electron chi connectivity index (χ0n) is 19.5. The van der Waals surface area contributed by atoms with E-state index in [0.29, 0.717) is 26.2 Å². The van der Waals surface area contributed by atoms with Crippen LogP contribution in [0.15, 0.2) is 83.8 Å². The zero-order valence-corrected chi connectivity index (χ0v) is 21.0. The van der Waals surface area contributed by atoms with Crippen LogP contribution in [0.1, 0.15) is 15.9 Å². The third-order valence-electron chi connectivity index (χ3n) is 5.85. The van der Waals surface area contributed by atoms with Crippen LogP contribution in [0, 0.1) is 0 Å². The van der Waals surface area contributed by atoms with Gasteiger partial charge in [-0.05, 0) is 35.9 Å². The van der Waals surface area contributed by atoms with Crippen molar-refractivity contribution in [2.75, 3.05) is 37.7 Å². The summed E-state index contributed by atoms with van der Waals surface area (Å²) in [4.78, 5) is 28.8. The summed E-state index contributed by atoms with van der Waals surface area (Å²) in [5.74, 6) is -1.11. The molecule has 0 bridgehead atoms. The minimum atomic E-state index is -3.99. The van der Waals surface area contributed by atoms with Crippen molar-refractivity contribution in [1.29, 1.82) is 0 Å². The molecule has 0 atom stereocenters. The van der Waals surface area contributed by atoms with Crippen molar-refractivity contribution >= 4 is 39.2 Å². The lowest BCUT2D eigenvalue weighted by molar-refractivity contribution is -0.134. The van der Waals surface area contributed by atoms with Crippen LogP contribution in [-0.4, -0.2) is 58.0 Å². The minimum Gasteiger partial charge on any atom is -0.452 e. The number of esters is 1. The van der Waals surface area contributed by atoms with Gasteiger partial charge >= 0.3 is 5.97 Å². The summed E-state index contributed by atoms with van der Waals surface area (Å²) in [6.45, 7) is 2.03. The third-order valence-corrected chi connectivity index (χ3v) is 7.73. The molecule has 10 heteroatoms. The van der Waals surface area contributed by atoms with Crippen LogP contribution in [0.3, 0.4) is 0 Å². The molecule has 1 aliphatic heterocycles. The summed E-state index contributed by atoms with van der Waals surface area (Å²) < 4.78 is 33.2. The lowest BCUT2D eigenvalue weighted by Crippen LogP contribution is -2.49. The number of carbonyl (C=O) groups is 2. The molecule has 0 radical (unpaired) electrons. The Hall–Kier alpha value is -3.40. The Balaban J connectivity index is 1.32. The van der Waals surface area contributed by atoms with E-state index < -0.39 is 22.6 Å². The summed E-state index contributed by atoms with van der Waals surface area (Å²) >= 11 is 6.12. The maximum absolute atomic E-state index is 12.8. The Kier molecular flexibility index (Phi) is 8.25. The van der Waals surface area contributed by atoms with Crippen LogP contribution in [0.5, 0.6) is 0 Å². The van der Waals surface area contributed by atoms with E-state index in [0.717, 1.165) is 17.3 Å². The van der Waals surface area contributed by atoms with Crippen molar-refractivity contribution < 1.29 is 22.7 Å². The average Bonchev–Trinajstić information content (AvgIpc) is 2.92. The van der Waals surface area contributed by atoms with Gasteiger partial charge in [0.1, 0.15) is 4.90 Å². The maximum Gasteiger partial charge on any atom is 0.338 e. The van der Waals surface area contributed by atoms with E-state index in [1.807, 2.05) is 36.4 Å². The fraction of sp³-hybridized carbons (Fsp3) is 0.231. The third kappa shape index (κ3) is 6.42. The van der Waals surface area contributed by atoms with Gasteiger partial charge in [-0.15, -0.1) is 0 Å². The Bertz CT molecular complexity index is 1310. The van der Waals surface area contributed by atoms with E-state index in [4.69, 9.17) is 16.3 Å². The molecule has 0 unspecified atom stereocenters. The molecule has 1 heterocycles. The molecule has 3 aromatic carbocycles. The van der Waals surface area contributed by atoms with Gasteiger partial charge in [0.05, 0.1) is 10.6 Å². The highest BCUT2D eigenvalue weighted by atomic mass is 35.5. The number of nitrogens with zero attached hydrogens (tertiary/aromatic N) is 2. The zero-order chi connectivity index (χ0) is 25.5. The van der Waals surface area contributed by atoms with Gasteiger partial charge in [0.15, 0.2) is 6.61 Å². The van der Waals surface area contributed by atoms with Crippen LogP contribution in [0.4, 0.5) is 5.69 Å². The van der Waals surface area contributed by atoms with Crippen LogP contribution in [0.2, 0.25) is 5.02 Å². The first-order valence-electron chi connectivity index (χ1n) is 11.4. The number of nitrogens with one attached hydrogen (secondary N) is 1. The van der Waals surface area contributed by atoms with E-state index in [9.17, 15) is 18.0 Å². The van der Waals surface area contributed by atoms with Crippen molar-refractivity contribution in [3.63, 3.8) is 0 Å². The van der Waals surface area contributed by atoms with Gasteiger partial charge < -0.3 is 14.5 Å². The van der Waals surface area contributed by atoms with Crippen LogP contribution in [-0.2, 0) is 26.1 Å². The van der Waals surface area contributed by atoms with Gasteiger partial charge in [-0.1, -0.05) is 60.1 Å². The molecule has 0 spiro atoms. The first kappa shape index (κ1) is 25.7. The van der Waals surface area contributed by atoms with E-state index in [1.54, 1.807) is 29.2 Å². The number of benzene rings is 3. The highest BCUT2D eigenvalue weighted by Crippen LogP contribution is 2.23. The molecule has 36 heavy (non-hydrogen) atoms. The molecular weight excluding hydrogens is 502 g/mol. The molecule has 8 nitrogen and oxygen atoms in total. The number of sulfonamides is 1. The van der Waals surface area contributed by atoms with Gasteiger partial charge in [0.25, 0.3) is 5.91 Å². The number of ether oxygens (including phenoxy) is 1. The fourth-order valence-corrected chi connectivity index (χ4v) is 5.38. The van der Waals surface area contributed by atoms with Crippen molar-refractivity contribution in [2.24, 2.45) is 0 Å². The molecule has 0 saturated carbocycles. The second-order valence-corrected chi connectivity index (χ2v) is 10.4. The topological polar surface area (TPSA) is 96.0 Å². The molecule has 1 aliphatic rings.